The summed E-state index contributed by atoms with van der Waals surface area (Å²) in [6.07, 6.45) is 5.87. The Bertz CT molecular complexity index is 619. The smallest absolute Gasteiger partial charge is 0.226 e. The van der Waals surface area contributed by atoms with Gasteiger partial charge in [0.1, 0.15) is 5.01 Å². The summed E-state index contributed by atoms with van der Waals surface area (Å²) in [5.74, 6) is 0.218. The fourth-order valence-corrected chi connectivity index (χ4v) is 4.63. The second-order valence-electron chi connectivity index (χ2n) is 7.67. The van der Waals surface area contributed by atoms with Crippen molar-refractivity contribution in [3.05, 3.63) is 5.01 Å². The van der Waals surface area contributed by atoms with Gasteiger partial charge in [0.05, 0.1) is 32.2 Å². The van der Waals surface area contributed by atoms with Crippen molar-refractivity contribution in [2.75, 3.05) is 31.5 Å². The molecule has 2 aliphatic rings. The molecule has 1 aliphatic carbocycles. The van der Waals surface area contributed by atoms with E-state index in [1.807, 2.05) is 18.7 Å². The van der Waals surface area contributed by atoms with Crippen LogP contribution in [0.15, 0.2) is 0 Å². The zero-order valence-electron chi connectivity index (χ0n) is 15.8. The van der Waals surface area contributed by atoms with E-state index in [0.717, 1.165) is 37.2 Å². The van der Waals surface area contributed by atoms with E-state index >= 15 is 0 Å². The van der Waals surface area contributed by atoms with Crippen molar-refractivity contribution in [3.63, 3.8) is 0 Å². The summed E-state index contributed by atoms with van der Waals surface area (Å²) in [5.41, 5.74) is 0. The second kappa shape index (κ2) is 8.90. The first-order chi connectivity index (χ1) is 12.5. The number of nitrogens with one attached hydrogen (secondary N) is 2. The average molecular weight is 381 g/mol. The van der Waals surface area contributed by atoms with Crippen LogP contribution in [0.4, 0.5) is 5.13 Å². The van der Waals surface area contributed by atoms with Crippen LogP contribution in [0.3, 0.4) is 0 Å². The summed E-state index contributed by atoms with van der Waals surface area (Å²) in [4.78, 5) is 28.0. The molecular formula is C18H30N5O2S+. The van der Waals surface area contributed by atoms with Crippen LogP contribution >= 0.6 is 11.3 Å². The fourth-order valence-electron chi connectivity index (χ4n) is 3.86. The van der Waals surface area contributed by atoms with Crippen LogP contribution in [0.2, 0.25) is 0 Å². The lowest BCUT2D eigenvalue weighted by Gasteiger charge is -2.35. The highest BCUT2D eigenvalue weighted by atomic mass is 32.1. The minimum absolute atomic E-state index is 0.0887. The molecule has 144 valence electrons. The van der Waals surface area contributed by atoms with Gasteiger partial charge in [-0.2, -0.15) is 0 Å². The molecule has 1 aromatic rings. The molecule has 7 nitrogen and oxygen atoms in total. The number of anilines is 1. The van der Waals surface area contributed by atoms with Crippen molar-refractivity contribution in [2.45, 2.75) is 64.3 Å². The molecule has 26 heavy (non-hydrogen) atoms. The topological polar surface area (TPSA) is 79.6 Å². The van der Waals surface area contributed by atoms with E-state index in [1.54, 1.807) is 4.90 Å². The van der Waals surface area contributed by atoms with Gasteiger partial charge in [0.15, 0.2) is 0 Å². The maximum Gasteiger partial charge on any atom is 0.226 e. The number of hydrogen-bond acceptors (Lipinski definition) is 5. The van der Waals surface area contributed by atoms with Gasteiger partial charge in [-0.15, -0.1) is 10.2 Å². The Hall–Kier alpha value is -1.54. The lowest BCUT2D eigenvalue weighted by atomic mass is 10.1. The van der Waals surface area contributed by atoms with Crippen LogP contribution in [0.1, 0.15) is 63.3 Å². The molecule has 2 heterocycles. The summed E-state index contributed by atoms with van der Waals surface area (Å²) < 4.78 is 0. The predicted molar refractivity (Wildman–Crippen MR) is 101 cm³/mol. The highest BCUT2D eigenvalue weighted by Gasteiger charge is 2.30. The molecule has 1 aromatic heterocycles. The van der Waals surface area contributed by atoms with Crippen LogP contribution in [0, 0.1) is 0 Å². The number of piperazine rings is 1. The quantitative estimate of drug-likeness (QED) is 0.773. The Morgan fingerprint density at radius 3 is 2.50 bits per heavy atom. The summed E-state index contributed by atoms with van der Waals surface area (Å²) >= 11 is 1.39. The molecule has 0 bridgehead atoms. The van der Waals surface area contributed by atoms with Crippen LogP contribution in [-0.4, -0.2) is 59.1 Å². The Labute approximate surface area is 159 Å². The highest BCUT2D eigenvalue weighted by molar-refractivity contribution is 7.15. The molecule has 0 atom stereocenters. The van der Waals surface area contributed by atoms with Crippen LogP contribution in [-0.2, 0) is 9.59 Å². The maximum atomic E-state index is 12.4. The van der Waals surface area contributed by atoms with Gasteiger partial charge in [0.25, 0.3) is 0 Å². The molecule has 8 heteroatoms. The lowest BCUT2D eigenvalue weighted by Crippen LogP contribution is -3.18. The molecule has 1 aliphatic heterocycles. The molecule has 3 rings (SSSR count). The third-order valence-corrected chi connectivity index (χ3v) is 6.58. The Balaban J connectivity index is 1.37. The molecule has 2 N–H and O–H groups in total. The number of hydrogen-bond donors (Lipinski definition) is 2. The van der Waals surface area contributed by atoms with Crippen molar-refractivity contribution in [1.29, 1.82) is 0 Å². The molecule has 2 fully saturated rings. The zero-order chi connectivity index (χ0) is 18.5. The minimum atomic E-state index is -0.167. The molecule has 0 spiro atoms. The third kappa shape index (κ3) is 5.01. The molecule has 1 saturated heterocycles. The van der Waals surface area contributed by atoms with Gasteiger partial charge < -0.3 is 15.1 Å². The van der Waals surface area contributed by atoms with Gasteiger partial charge >= 0.3 is 0 Å². The van der Waals surface area contributed by atoms with Gasteiger partial charge in [0, 0.05) is 18.8 Å². The van der Waals surface area contributed by atoms with Crippen LogP contribution in [0.5, 0.6) is 0 Å². The predicted octanol–water partition coefficient (Wildman–Crippen LogP) is 1.05. The van der Waals surface area contributed by atoms with E-state index in [2.05, 4.69) is 15.5 Å². The maximum absolute atomic E-state index is 12.4. The molecular weight excluding hydrogens is 350 g/mol. The van der Waals surface area contributed by atoms with E-state index in [4.69, 9.17) is 0 Å². The van der Waals surface area contributed by atoms with Crippen molar-refractivity contribution in [2.24, 2.45) is 0 Å². The first-order valence-electron chi connectivity index (χ1n) is 9.78. The zero-order valence-corrected chi connectivity index (χ0v) is 16.6. The Morgan fingerprint density at radius 2 is 1.88 bits per heavy atom. The lowest BCUT2D eigenvalue weighted by molar-refractivity contribution is -0.928. The number of aromatic nitrogens is 2. The van der Waals surface area contributed by atoms with Gasteiger partial charge in [-0.05, 0) is 25.7 Å². The standard InChI is InChI=1S/C18H29N5O2S/c1-13(2)17-20-21-18(26-17)19-15(24)7-8-16(25)23-11-9-22(10-12-23)14-5-3-4-6-14/h13-14H,3-12H2,1-2H3,(H,19,21,24)/p+1. The van der Waals surface area contributed by atoms with Gasteiger partial charge in [0.2, 0.25) is 16.9 Å². The van der Waals surface area contributed by atoms with Crippen molar-refractivity contribution in [3.8, 4) is 0 Å². The monoisotopic (exact) mass is 380 g/mol. The van der Waals surface area contributed by atoms with Gasteiger partial charge in [-0.3, -0.25) is 9.59 Å². The fraction of sp³-hybridized carbons (Fsp3) is 0.778. The van der Waals surface area contributed by atoms with E-state index < -0.39 is 0 Å². The molecule has 1 saturated carbocycles. The normalized spacial score (nSPS) is 19.3. The van der Waals surface area contributed by atoms with Crippen LogP contribution in [0.25, 0.3) is 0 Å². The molecule has 2 amide bonds. The summed E-state index contributed by atoms with van der Waals surface area (Å²) in [5, 5.41) is 12.2. The SMILES string of the molecule is CC(C)c1nnc(NC(=O)CCC(=O)N2CC[NH+](C3CCCC3)CC2)s1. The first kappa shape index (κ1) is 19.2. The summed E-state index contributed by atoms with van der Waals surface area (Å²) in [7, 11) is 0. The number of amides is 2. The van der Waals surface area contributed by atoms with E-state index in [9.17, 15) is 9.59 Å². The van der Waals surface area contributed by atoms with Crippen molar-refractivity contribution >= 4 is 28.3 Å². The van der Waals surface area contributed by atoms with Crippen molar-refractivity contribution in [1.82, 2.24) is 15.1 Å². The Kier molecular flexibility index (Phi) is 6.58. The number of nitrogens with zero attached hydrogens (tertiary/aromatic N) is 3. The molecule has 0 unspecified atom stereocenters. The van der Waals surface area contributed by atoms with E-state index in [0.29, 0.717) is 11.0 Å². The number of carbonyl (C=O) groups is 2. The molecule has 0 aromatic carbocycles. The number of carbonyl (C=O) groups excluding carboxylic acids is 2. The van der Waals surface area contributed by atoms with Crippen LogP contribution < -0.4 is 10.2 Å². The Morgan fingerprint density at radius 1 is 1.19 bits per heavy atom. The first-order valence-corrected chi connectivity index (χ1v) is 10.6. The summed E-state index contributed by atoms with van der Waals surface area (Å²) in [6, 6.07) is 0.806. The minimum Gasteiger partial charge on any atom is -0.331 e. The van der Waals surface area contributed by atoms with Crippen molar-refractivity contribution < 1.29 is 14.5 Å². The van der Waals surface area contributed by atoms with Gasteiger partial charge in [-0.25, -0.2) is 0 Å². The van der Waals surface area contributed by atoms with Gasteiger partial charge in [-0.1, -0.05) is 25.2 Å². The second-order valence-corrected chi connectivity index (χ2v) is 8.68. The van der Waals surface area contributed by atoms with E-state index in [-0.39, 0.29) is 24.7 Å². The van der Waals surface area contributed by atoms with E-state index in [1.165, 1.54) is 37.0 Å². The third-order valence-electron chi connectivity index (χ3n) is 5.44. The highest BCUT2D eigenvalue weighted by Crippen LogP contribution is 2.22. The molecule has 0 radical (unpaired) electrons. The largest absolute Gasteiger partial charge is 0.331 e. The summed E-state index contributed by atoms with van der Waals surface area (Å²) in [6.45, 7) is 7.81. The average Bonchev–Trinajstić information content (AvgIpc) is 3.32. The number of rotatable bonds is 6. The number of quaternary nitrogens is 1.